The van der Waals surface area contributed by atoms with E-state index in [1.165, 1.54) is 16.2 Å². The average molecular weight is 387 g/mol. The summed E-state index contributed by atoms with van der Waals surface area (Å²) in [6.07, 6.45) is 2.75. The van der Waals surface area contributed by atoms with Crippen molar-refractivity contribution in [2.75, 3.05) is 19.6 Å². The highest BCUT2D eigenvalue weighted by Gasteiger charge is 2.42. The Morgan fingerprint density at radius 3 is 2.38 bits per heavy atom. The lowest BCUT2D eigenvalue weighted by molar-refractivity contribution is -0.137. The minimum Gasteiger partial charge on any atom is -0.366 e. The van der Waals surface area contributed by atoms with Crippen LogP contribution in [-0.2, 0) is 16.0 Å². The van der Waals surface area contributed by atoms with Gasteiger partial charge < -0.3 is 4.90 Å². The van der Waals surface area contributed by atoms with Crippen molar-refractivity contribution in [3.63, 3.8) is 0 Å². The largest absolute Gasteiger partial charge is 0.366 e. The predicted octanol–water partition coefficient (Wildman–Crippen LogP) is 3.82. The lowest BCUT2D eigenvalue weighted by atomic mass is 10.1. The van der Waals surface area contributed by atoms with Crippen molar-refractivity contribution >= 4 is 40.3 Å². The predicted molar refractivity (Wildman–Crippen MR) is 104 cm³/mol. The summed E-state index contributed by atoms with van der Waals surface area (Å²) in [6.45, 7) is 2.06. The Labute approximate surface area is 161 Å². The topological polar surface area (TPSA) is 40.6 Å². The Bertz CT molecular complexity index is 852. The number of likely N-dealkylation sites (tertiary alicyclic amines) is 1. The Hall–Kier alpha value is -2.11. The van der Waals surface area contributed by atoms with E-state index >= 15 is 0 Å². The van der Waals surface area contributed by atoms with E-state index in [0.29, 0.717) is 29.3 Å². The van der Waals surface area contributed by atoms with Gasteiger partial charge in [0.15, 0.2) is 0 Å². The van der Waals surface area contributed by atoms with Crippen LogP contribution in [0.2, 0.25) is 5.02 Å². The van der Waals surface area contributed by atoms with Crippen molar-refractivity contribution in [1.82, 2.24) is 9.80 Å². The summed E-state index contributed by atoms with van der Waals surface area (Å²) < 4.78 is 0. The molecule has 4 rings (SSSR count). The quantitative estimate of drug-likeness (QED) is 0.733. The Balaban J connectivity index is 1.59. The molecule has 26 heavy (non-hydrogen) atoms. The summed E-state index contributed by atoms with van der Waals surface area (Å²) in [4.78, 5) is 30.5. The molecule has 134 valence electrons. The highest BCUT2D eigenvalue weighted by molar-refractivity contribution is 7.11. The van der Waals surface area contributed by atoms with Crippen molar-refractivity contribution in [3.05, 3.63) is 62.9 Å². The van der Waals surface area contributed by atoms with Crippen LogP contribution in [0.1, 0.15) is 23.3 Å². The summed E-state index contributed by atoms with van der Waals surface area (Å²) in [7, 11) is 0. The van der Waals surface area contributed by atoms with Crippen LogP contribution in [-0.4, -0.2) is 41.2 Å². The molecule has 0 aliphatic carbocycles. The molecule has 0 bridgehead atoms. The number of hydrogen-bond acceptors (Lipinski definition) is 4. The molecule has 1 aromatic carbocycles. The SMILES string of the molecule is O=C1C(c2cccs2)=C(N2CCCC2)C(=O)N1CCc1ccc(Cl)cc1. The van der Waals surface area contributed by atoms with E-state index in [1.807, 2.05) is 41.8 Å². The molecule has 1 saturated heterocycles. The van der Waals surface area contributed by atoms with Crippen LogP contribution >= 0.6 is 22.9 Å². The fourth-order valence-electron chi connectivity index (χ4n) is 3.54. The highest BCUT2D eigenvalue weighted by Crippen LogP contribution is 2.35. The first-order valence-electron chi connectivity index (χ1n) is 8.79. The minimum atomic E-state index is -0.173. The molecule has 2 aliphatic rings. The molecule has 0 unspecified atom stereocenters. The van der Waals surface area contributed by atoms with Gasteiger partial charge in [-0.15, -0.1) is 11.3 Å². The molecule has 4 nitrogen and oxygen atoms in total. The van der Waals surface area contributed by atoms with Gasteiger partial charge in [-0.1, -0.05) is 29.8 Å². The van der Waals surface area contributed by atoms with Gasteiger partial charge in [0.25, 0.3) is 11.8 Å². The smallest absolute Gasteiger partial charge is 0.277 e. The number of hydrogen-bond donors (Lipinski definition) is 0. The standard InChI is InChI=1S/C20H19ClN2O2S/c21-15-7-5-14(6-8-15)9-12-23-19(24)17(16-4-3-13-26-16)18(20(23)25)22-10-1-2-11-22/h3-8,13H,1-2,9-12H2. The molecule has 0 radical (unpaired) electrons. The number of thiophene rings is 1. The molecule has 0 spiro atoms. The molecule has 2 aliphatic heterocycles. The summed E-state index contributed by atoms with van der Waals surface area (Å²) >= 11 is 7.43. The number of rotatable bonds is 5. The Kier molecular flexibility index (Phi) is 4.83. The molecule has 0 N–H and O–H groups in total. The van der Waals surface area contributed by atoms with Gasteiger partial charge in [-0.05, 0) is 48.4 Å². The zero-order valence-electron chi connectivity index (χ0n) is 14.3. The average Bonchev–Trinajstić information content (AvgIpc) is 3.37. The normalized spacial score (nSPS) is 17.7. The fraction of sp³-hybridized carbons (Fsp3) is 0.300. The van der Waals surface area contributed by atoms with Gasteiger partial charge in [-0.2, -0.15) is 0 Å². The van der Waals surface area contributed by atoms with Gasteiger partial charge in [-0.25, -0.2) is 0 Å². The van der Waals surface area contributed by atoms with E-state index in [4.69, 9.17) is 11.6 Å². The lowest BCUT2D eigenvalue weighted by Crippen LogP contribution is -2.36. The third-order valence-electron chi connectivity index (χ3n) is 4.87. The summed E-state index contributed by atoms with van der Waals surface area (Å²) in [5, 5.41) is 2.62. The molecule has 2 amide bonds. The molecule has 3 heterocycles. The van der Waals surface area contributed by atoms with Crippen LogP contribution in [0.5, 0.6) is 0 Å². The van der Waals surface area contributed by atoms with Crippen molar-refractivity contribution in [2.24, 2.45) is 0 Å². The van der Waals surface area contributed by atoms with E-state index in [9.17, 15) is 9.59 Å². The number of carbonyl (C=O) groups excluding carboxylic acids is 2. The van der Waals surface area contributed by atoms with Crippen LogP contribution in [0, 0.1) is 0 Å². The zero-order chi connectivity index (χ0) is 18.1. The van der Waals surface area contributed by atoms with Gasteiger partial charge in [0.05, 0.1) is 5.57 Å². The second-order valence-corrected chi connectivity index (χ2v) is 7.92. The fourth-order valence-corrected chi connectivity index (χ4v) is 4.42. The minimum absolute atomic E-state index is 0.158. The van der Waals surface area contributed by atoms with Crippen molar-refractivity contribution in [3.8, 4) is 0 Å². The van der Waals surface area contributed by atoms with Crippen molar-refractivity contribution in [2.45, 2.75) is 19.3 Å². The van der Waals surface area contributed by atoms with E-state index in [1.54, 1.807) is 0 Å². The van der Waals surface area contributed by atoms with E-state index in [2.05, 4.69) is 4.90 Å². The third-order valence-corrected chi connectivity index (χ3v) is 6.01. The van der Waals surface area contributed by atoms with Gasteiger partial charge >= 0.3 is 0 Å². The first-order valence-corrected chi connectivity index (χ1v) is 10.0. The van der Waals surface area contributed by atoms with Crippen LogP contribution in [0.4, 0.5) is 0 Å². The summed E-state index contributed by atoms with van der Waals surface area (Å²) in [6, 6.07) is 11.4. The molecule has 0 atom stereocenters. The lowest BCUT2D eigenvalue weighted by Gasteiger charge is -2.20. The number of benzene rings is 1. The Morgan fingerprint density at radius 1 is 1.00 bits per heavy atom. The maximum atomic E-state index is 13.1. The second-order valence-electron chi connectivity index (χ2n) is 6.53. The first kappa shape index (κ1) is 17.3. The van der Waals surface area contributed by atoms with E-state index in [0.717, 1.165) is 36.4 Å². The summed E-state index contributed by atoms with van der Waals surface area (Å²) in [5.74, 6) is -0.331. The molecule has 2 aromatic rings. The maximum absolute atomic E-state index is 13.1. The van der Waals surface area contributed by atoms with Gasteiger partial charge in [0.2, 0.25) is 0 Å². The summed E-state index contributed by atoms with van der Waals surface area (Å²) in [5.41, 5.74) is 2.22. The van der Waals surface area contributed by atoms with Crippen molar-refractivity contribution in [1.29, 1.82) is 0 Å². The number of nitrogens with zero attached hydrogens (tertiary/aromatic N) is 2. The number of carbonyl (C=O) groups is 2. The van der Waals surface area contributed by atoms with Crippen LogP contribution < -0.4 is 0 Å². The number of halogens is 1. The number of amides is 2. The van der Waals surface area contributed by atoms with Crippen LogP contribution in [0.3, 0.4) is 0 Å². The van der Waals surface area contributed by atoms with Crippen molar-refractivity contribution < 1.29 is 9.59 Å². The molecule has 6 heteroatoms. The van der Waals surface area contributed by atoms with E-state index in [-0.39, 0.29) is 11.8 Å². The van der Waals surface area contributed by atoms with E-state index < -0.39 is 0 Å². The van der Waals surface area contributed by atoms with Gasteiger partial charge in [-0.3, -0.25) is 14.5 Å². The van der Waals surface area contributed by atoms with Gasteiger partial charge in [0, 0.05) is 29.5 Å². The third kappa shape index (κ3) is 3.17. The molecule has 1 fully saturated rings. The number of imide groups is 1. The van der Waals surface area contributed by atoms with Crippen LogP contribution in [0.15, 0.2) is 47.5 Å². The Morgan fingerprint density at radius 2 is 1.73 bits per heavy atom. The zero-order valence-corrected chi connectivity index (χ0v) is 15.9. The molecular formula is C20H19ClN2O2S. The molecule has 1 aromatic heterocycles. The maximum Gasteiger partial charge on any atom is 0.277 e. The molecule has 0 saturated carbocycles. The van der Waals surface area contributed by atoms with Gasteiger partial charge in [0.1, 0.15) is 5.70 Å². The highest BCUT2D eigenvalue weighted by atomic mass is 35.5. The van der Waals surface area contributed by atoms with Crippen LogP contribution in [0.25, 0.3) is 5.57 Å². The second kappa shape index (κ2) is 7.25. The monoisotopic (exact) mass is 386 g/mol. The molecular weight excluding hydrogens is 368 g/mol. The first-order chi connectivity index (χ1) is 12.6.